The van der Waals surface area contributed by atoms with Crippen molar-refractivity contribution in [3.8, 4) is 5.75 Å². The lowest BCUT2D eigenvalue weighted by Gasteiger charge is -2.12. The standard InChI is InChI=1S/C15H22O.C2H6/c1-3-5-9-16-15-11-12(4-2)10-13-7-6-8-14(13)15;1-2/h10-11H,3-9H2,1-2H3;1-2H3. The second kappa shape index (κ2) is 8.18. The molecule has 1 heteroatoms. The van der Waals surface area contributed by atoms with Gasteiger partial charge in [-0.2, -0.15) is 0 Å². The minimum atomic E-state index is 0.871. The zero-order valence-electron chi connectivity index (χ0n) is 12.5. The van der Waals surface area contributed by atoms with Crippen molar-refractivity contribution in [3.05, 3.63) is 28.8 Å². The molecule has 2 rings (SSSR count). The Morgan fingerprint density at radius 1 is 1.11 bits per heavy atom. The van der Waals surface area contributed by atoms with Crippen molar-refractivity contribution in [1.29, 1.82) is 0 Å². The van der Waals surface area contributed by atoms with Crippen LogP contribution < -0.4 is 4.74 Å². The molecule has 1 aromatic carbocycles. The average Bonchev–Trinajstić information content (AvgIpc) is 2.89. The van der Waals surface area contributed by atoms with Gasteiger partial charge < -0.3 is 4.74 Å². The first-order valence-electron chi connectivity index (χ1n) is 7.62. The van der Waals surface area contributed by atoms with Gasteiger partial charge >= 0.3 is 0 Å². The van der Waals surface area contributed by atoms with E-state index >= 15 is 0 Å². The van der Waals surface area contributed by atoms with Gasteiger partial charge in [0.15, 0.2) is 0 Å². The van der Waals surface area contributed by atoms with Crippen molar-refractivity contribution in [1.82, 2.24) is 0 Å². The Morgan fingerprint density at radius 2 is 1.89 bits per heavy atom. The van der Waals surface area contributed by atoms with E-state index in [9.17, 15) is 0 Å². The molecule has 102 valence electrons. The zero-order chi connectivity index (χ0) is 13.4. The summed E-state index contributed by atoms with van der Waals surface area (Å²) in [5.41, 5.74) is 4.44. The Bertz CT molecular complexity index is 355. The molecule has 0 bridgehead atoms. The molecule has 0 fully saturated rings. The molecular formula is C17H28O. The molecule has 0 saturated carbocycles. The predicted molar refractivity (Wildman–Crippen MR) is 79.6 cm³/mol. The van der Waals surface area contributed by atoms with Crippen LogP contribution in [-0.2, 0) is 19.3 Å². The van der Waals surface area contributed by atoms with Gasteiger partial charge in [-0.25, -0.2) is 0 Å². The van der Waals surface area contributed by atoms with Crippen LogP contribution in [0.1, 0.15) is 63.6 Å². The summed E-state index contributed by atoms with van der Waals surface area (Å²) in [7, 11) is 0. The van der Waals surface area contributed by atoms with Gasteiger partial charge in [-0.15, -0.1) is 0 Å². The molecule has 18 heavy (non-hydrogen) atoms. The topological polar surface area (TPSA) is 9.23 Å². The summed E-state index contributed by atoms with van der Waals surface area (Å²) in [5, 5.41) is 0. The SMILES string of the molecule is CC.CCCCOc1cc(CC)cc2c1CCC2. The zero-order valence-corrected chi connectivity index (χ0v) is 12.5. The number of benzene rings is 1. The van der Waals surface area contributed by atoms with Crippen LogP contribution in [0.5, 0.6) is 5.75 Å². The minimum Gasteiger partial charge on any atom is -0.493 e. The van der Waals surface area contributed by atoms with Gasteiger partial charge in [-0.1, -0.05) is 40.2 Å². The molecule has 0 saturated heterocycles. The number of ether oxygens (including phenoxy) is 1. The number of hydrogen-bond acceptors (Lipinski definition) is 1. The molecule has 1 nitrogen and oxygen atoms in total. The first kappa shape index (κ1) is 15.1. The van der Waals surface area contributed by atoms with E-state index in [1.165, 1.54) is 48.1 Å². The van der Waals surface area contributed by atoms with Crippen molar-refractivity contribution in [2.24, 2.45) is 0 Å². The highest BCUT2D eigenvalue weighted by molar-refractivity contribution is 5.46. The Kier molecular flexibility index (Phi) is 6.85. The minimum absolute atomic E-state index is 0.871. The monoisotopic (exact) mass is 248 g/mol. The molecule has 0 amide bonds. The Morgan fingerprint density at radius 3 is 2.56 bits per heavy atom. The molecule has 0 unspecified atom stereocenters. The van der Waals surface area contributed by atoms with Crippen LogP contribution in [0.2, 0.25) is 0 Å². The molecule has 0 aliphatic heterocycles. The Hall–Kier alpha value is -0.980. The van der Waals surface area contributed by atoms with E-state index in [0.29, 0.717) is 0 Å². The van der Waals surface area contributed by atoms with Crippen LogP contribution in [0.25, 0.3) is 0 Å². The molecular weight excluding hydrogens is 220 g/mol. The van der Waals surface area contributed by atoms with Crippen molar-refractivity contribution in [2.45, 2.75) is 66.2 Å². The van der Waals surface area contributed by atoms with E-state index in [4.69, 9.17) is 4.74 Å². The second-order valence-electron chi connectivity index (χ2n) is 4.64. The fourth-order valence-corrected chi connectivity index (χ4v) is 2.39. The molecule has 0 atom stereocenters. The van der Waals surface area contributed by atoms with Crippen molar-refractivity contribution >= 4 is 0 Å². The number of rotatable bonds is 5. The molecule has 0 aromatic heterocycles. The fraction of sp³-hybridized carbons (Fsp3) is 0.647. The smallest absolute Gasteiger partial charge is 0.123 e. The summed E-state index contributed by atoms with van der Waals surface area (Å²) in [6.45, 7) is 9.29. The second-order valence-corrected chi connectivity index (χ2v) is 4.64. The normalized spacial score (nSPS) is 12.7. The van der Waals surface area contributed by atoms with Crippen LogP contribution in [0.15, 0.2) is 12.1 Å². The fourth-order valence-electron chi connectivity index (χ4n) is 2.39. The van der Waals surface area contributed by atoms with Crippen molar-refractivity contribution in [3.63, 3.8) is 0 Å². The molecule has 0 radical (unpaired) electrons. The molecule has 1 aromatic rings. The third-order valence-electron chi connectivity index (χ3n) is 3.40. The highest BCUT2D eigenvalue weighted by atomic mass is 16.5. The first-order chi connectivity index (χ1) is 8.85. The van der Waals surface area contributed by atoms with Crippen molar-refractivity contribution < 1.29 is 4.74 Å². The molecule has 1 aliphatic carbocycles. The van der Waals surface area contributed by atoms with Gasteiger partial charge in [0.25, 0.3) is 0 Å². The van der Waals surface area contributed by atoms with E-state index in [2.05, 4.69) is 26.0 Å². The Balaban J connectivity index is 0.000000771. The lowest BCUT2D eigenvalue weighted by atomic mass is 10.0. The van der Waals surface area contributed by atoms with Crippen LogP contribution in [0, 0.1) is 0 Å². The summed E-state index contributed by atoms with van der Waals surface area (Å²) in [6, 6.07) is 4.62. The molecule has 1 aliphatic rings. The van der Waals surface area contributed by atoms with E-state index in [1.807, 2.05) is 13.8 Å². The maximum absolute atomic E-state index is 5.93. The first-order valence-corrected chi connectivity index (χ1v) is 7.62. The van der Waals surface area contributed by atoms with Gasteiger partial charge in [-0.3, -0.25) is 0 Å². The number of hydrogen-bond donors (Lipinski definition) is 0. The van der Waals surface area contributed by atoms with Gasteiger partial charge in [0, 0.05) is 0 Å². The van der Waals surface area contributed by atoms with Gasteiger partial charge in [0.2, 0.25) is 0 Å². The van der Waals surface area contributed by atoms with E-state index in [-0.39, 0.29) is 0 Å². The highest BCUT2D eigenvalue weighted by Crippen LogP contribution is 2.32. The number of aryl methyl sites for hydroxylation is 2. The summed E-state index contributed by atoms with van der Waals surface area (Å²) >= 11 is 0. The largest absolute Gasteiger partial charge is 0.493 e. The Labute approximate surface area is 113 Å². The van der Waals surface area contributed by atoms with E-state index in [0.717, 1.165) is 19.4 Å². The highest BCUT2D eigenvalue weighted by Gasteiger charge is 2.16. The quantitative estimate of drug-likeness (QED) is 0.670. The molecule has 0 heterocycles. The lowest BCUT2D eigenvalue weighted by Crippen LogP contribution is -2.01. The third kappa shape index (κ3) is 3.76. The maximum atomic E-state index is 5.93. The summed E-state index contributed by atoms with van der Waals surface area (Å²) in [6.07, 6.45) is 7.22. The summed E-state index contributed by atoms with van der Waals surface area (Å²) in [5.74, 6) is 1.17. The lowest BCUT2D eigenvalue weighted by molar-refractivity contribution is 0.306. The van der Waals surface area contributed by atoms with Crippen molar-refractivity contribution in [2.75, 3.05) is 6.61 Å². The van der Waals surface area contributed by atoms with Crippen LogP contribution in [-0.4, -0.2) is 6.61 Å². The van der Waals surface area contributed by atoms with Crippen LogP contribution in [0.4, 0.5) is 0 Å². The summed E-state index contributed by atoms with van der Waals surface area (Å²) in [4.78, 5) is 0. The van der Waals surface area contributed by atoms with Crippen LogP contribution in [0.3, 0.4) is 0 Å². The molecule has 0 spiro atoms. The number of fused-ring (bicyclic) bond motifs is 1. The van der Waals surface area contributed by atoms with Gasteiger partial charge in [0.1, 0.15) is 5.75 Å². The van der Waals surface area contributed by atoms with Gasteiger partial charge in [-0.05, 0) is 54.9 Å². The van der Waals surface area contributed by atoms with E-state index in [1.54, 1.807) is 0 Å². The van der Waals surface area contributed by atoms with Gasteiger partial charge in [0.05, 0.1) is 6.61 Å². The molecule has 0 N–H and O–H groups in total. The third-order valence-corrected chi connectivity index (χ3v) is 3.40. The maximum Gasteiger partial charge on any atom is 0.123 e. The number of unbranched alkanes of at least 4 members (excludes halogenated alkanes) is 1. The van der Waals surface area contributed by atoms with E-state index < -0.39 is 0 Å². The van der Waals surface area contributed by atoms with Crippen LogP contribution >= 0.6 is 0 Å². The predicted octanol–water partition coefficient (Wildman–Crippen LogP) is 4.94. The average molecular weight is 248 g/mol. The summed E-state index contributed by atoms with van der Waals surface area (Å²) < 4.78 is 5.93.